The summed E-state index contributed by atoms with van der Waals surface area (Å²) in [6, 6.07) is 9.67. The standard InChI is InChI=1S/C17H19N3O6S2/c1-11-3-5-14(18-27(2,23)24)13(7-11)8-12-4-6-15(16(21)9-12)20-10-17(22)19-28(20,25)26/h3-7,9,18,21H,8,10H2,1-2H3,(H,19,22). The lowest BCUT2D eigenvalue weighted by molar-refractivity contribution is -0.117. The number of benzene rings is 2. The third-order valence-electron chi connectivity index (χ3n) is 4.08. The van der Waals surface area contributed by atoms with Crippen molar-refractivity contribution in [1.29, 1.82) is 0 Å². The number of carbonyl (C=O) groups is 1. The number of amides is 1. The topological polar surface area (TPSA) is 133 Å². The molecule has 3 rings (SSSR count). The number of aryl methyl sites for hydroxylation is 1. The summed E-state index contributed by atoms with van der Waals surface area (Å²) >= 11 is 0. The number of carbonyl (C=O) groups excluding carboxylic acids is 1. The van der Waals surface area contributed by atoms with Crippen molar-refractivity contribution in [3.05, 3.63) is 53.1 Å². The molecule has 28 heavy (non-hydrogen) atoms. The molecule has 150 valence electrons. The van der Waals surface area contributed by atoms with E-state index in [1.807, 2.05) is 17.7 Å². The van der Waals surface area contributed by atoms with Crippen LogP contribution in [0.25, 0.3) is 0 Å². The predicted molar refractivity (Wildman–Crippen MR) is 105 cm³/mol. The van der Waals surface area contributed by atoms with Crippen LogP contribution in [0.1, 0.15) is 16.7 Å². The highest BCUT2D eigenvalue weighted by Crippen LogP contribution is 2.32. The molecule has 3 N–H and O–H groups in total. The van der Waals surface area contributed by atoms with E-state index in [1.54, 1.807) is 18.2 Å². The molecular weight excluding hydrogens is 406 g/mol. The second-order valence-corrected chi connectivity index (χ2v) is 9.92. The van der Waals surface area contributed by atoms with Crippen LogP contribution in [-0.4, -0.2) is 40.6 Å². The number of phenols is 1. The van der Waals surface area contributed by atoms with Gasteiger partial charge in [0.25, 0.3) is 5.91 Å². The average molecular weight is 425 g/mol. The number of anilines is 2. The summed E-state index contributed by atoms with van der Waals surface area (Å²) in [4.78, 5) is 11.4. The number of aromatic hydroxyl groups is 1. The zero-order valence-corrected chi connectivity index (χ0v) is 16.8. The van der Waals surface area contributed by atoms with Gasteiger partial charge in [-0.25, -0.2) is 17.4 Å². The van der Waals surface area contributed by atoms with Crippen molar-refractivity contribution in [2.24, 2.45) is 0 Å². The smallest absolute Gasteiger partial charge is 0.326 e. The zero-order valence-electron chi connectivity index (χ0n) is 15.1. The maximum Gasteiger partial charge on any atom is 0.326 e. The first kappa shape index (κ1) is 20.0. The Kier molecular flexibility index (Phi) is 4.98. The summed E-state index contributed by atoms with van der Waals surface area (Å²) in [5.41, 5.74) is 2.68. The highest BCUT2D eigenvalue weighted by molar-refractivity contribution is 7.92. The van der Waals surface area contributed by atoms with Crippen molar-refractivity contribution in [2.75, 3.05) is 21.8 Å². The molecule has 2 aromatic carbocycles. The van der Waals surface area contributed by atoms with Crippen LogP contribution in [-0.2, 0) is 31.4 Å². The molecule has 0 spiro atoms. The molecule has 0 aromatic heterocycles. The first-order valence-corrected chi connectivity index (χ1v) is 11.5. The van der Waals surface area contributed by atoms with E-state index in [9.17, 15) is 26.7 Å². The van der Waals surface area contributed by atoms with Crippen molar-refractivity contribution in [1.82, 2.24) is 4.72 Å². The van der Waals surface area contributed by atoms with Gasteiger partial charge in [-0.3, -0.25) is 9.52 Å². The van der Waals surface area contributed by atoms with Crippen LogP contribution in [0.2, 0.25) is 0 Å². The van der Waals surface area contributed by atoms with Crippen molar-refractivity contribution in [3.63, 3.8) is 0 Å². The largest absolute Gasteiger partial charge is 0.506 e. The molecule has 1 aliphatic rings. The van der Waals surface area contributed by atoms with Gasteiger partial charge in [0.15, 0.2) is 0 Å². The van der Waals surface area contributed by atoms with E-state index in [1.165, 1.54) is 12.1 Å². The van der Waals surface area contributed by atoms with Gasteiger partial charge in [0.2, 0.25) is 10.0 Å². The first-order chi connectivity index (χ1) is 12.9. The molecule has 11 heteroatoms. The van der Waals surface area contributed by atoms with Crippen molar-refractivity contribution in [2.45, 2.75) is 13.3 Å². The van der Waals surface area contributed by atoms with E-state index >= 15 is 0 Å². The maximum absolute atomic E-state index is 11.9. The van der Waals surface area contributed by atoms with Gasteiger partial charge in [-0.05, 0) is 42.7 Å². The molecule has 9 nitrogen and oxygen atoms in total. The quantitative estimate of drug-likeness (QED) is 0.650. The van der Waals surface area contributed by atoms with E-state index in [0.29, 0.717) is 23.2 Å². The number of hydrogen-bond donors (Lipinski definition) is 3. The Labute approximate surface area is 163 Å². The Morgan fingerprint density at radius 3 is 2.50 bits per heavy atom. The second kappa shape index (κ2) is 6.99. The van der Waals surface area contributed by atoms with Crippen LogP contribution in [0, 0.1) is 6.92 Å². The van der Waals surface area contributed by atoms with Gasteiger partial charge in [0, 0.05) is 0 Å². The minimum absolute atomic E-state index is 0.0131. The fraction of sp³-hybridized carbons (Fsp3) is 0.235. The van der Waals surface area contributed by atoms with Gasteiger partial charge in [-0.15, -0.1) is 0 Å². The second-order valence-electron chi connectivity index (χ2n) is 6.57. The number of rotatable bonds is 5. The molecule has 0 radical (unpaired) electrons. The lowest BCUT2D eigenvalue weighted by Gasteiger charge is -2.17. The summed E-state index contributed by atoms with van der Waals surface area (Å²) in [6.45, 7) is 1.46. The summed E-state index contributed by atoms with van der Waals surface area (Å²) in [5, 5.41) is 10.3. The maximum atomic E-state index is 11.9. The monoisotopic (exact) mass is 425 g/mol. The molecule has 1 aliphatic heterocycles. The molecule has 0 atom stereocenters. The minimum atomic E-state index is -4.02. The van der Waals surface area contributed by atoms with Crippen LogP contribution in [0.15, 0.2) is 36.4 Å². The highest BCUT2D eigenvalue weighted by Gasteiger charge is 2.35. The highest BCUT2D eigenvalue weighted by atomic mass is 32.2. The van der Waals surface area contributed by atoms with Crippen molar-refractivity contribution < 1.29 is 26.7 Å². The van der Waals surface area contributed by atoms with E-state index in [-0.39, 0.29) is 11.4 Å². The molecule has 1 fully saturated rings. The molecule has 2 aromatic rings. The van der Waals surface area contributed by atoms with Gasteiger partial charge >= 0.3 is 10.2 Å². The number of nitrogens with one attached hydrogen (secondary N) is 2. The third-order valence-corrected chi connectivity index (χ3v) is 6.06. The molecule has 0 aliphatic carbocycles. The molecule has 1 amide bonds. The van der Waals surface area contributed by atoms with Gasteiger partial charge in [0.05, 0.1) is 17.6 Å². The minimum Gasteiger partial charge on any atom is -0.506 e. The Balaban J connectivity index is 1.92. The zero-order chi connectivity index (χ0) is 20.7. The number of hydrogen-bond acceptors (Lipinski definition) is 6. The van der Waals surface area contributed by atoms with Gasteiger partial charge in [0.1, 0.15) is 12.3 Å². The van der Waals surface area contributed by atoms with Crippen LogP contribution >= 0.6 is 0 Å². The third kappa shape index (κ3) is 4.37. The molecule has 1 saturated heterocycles. The Morgan fingerprint density at radius 2 is 1.93 bits per heavy atom. The van der Waals surface area contributed by atoms with Crippen LogP contribution in [0.5, 0.6) is 5.75 Å². The van der Waals surface area contributed by atoms with E-state index in [2.05, 4.69) is 4.72 Å². The van der Waals surface area contributed by atoms with Gasteiger partial charge in [-0.1, -0.05) is 23.8 Å². The Bertz CT molecular complexity index is 1160. The first-order valence-electron chi connectivity index (χ1n) is 8.17. The average Bonchev–Trinajstić information content (AvgIpc) is 2.81. The van der Waals surface area contributed by atoms with Crippen molar-refractivity contribution in [3.8, 4) is 5.75 Å². The fourth-order valence-corrected chi connectivity index (χ4v) is 4.70. The lowest BCUT2D eigenvalue weighted by atomic mass is 10.0. The summed E-state index contributed by atoms with van der Waals surface area (Å²) in [7, 11) is -7.48. The van der Waals surface area contributed by atoms with Crippen molar-refractivity contribution >= 4 is 37.5 Å². The molecule has 0 bridgehead atoms. The molecule has 0 unspecified atom stereocenters. The fourth-order valence-electron chi connectivity index (χ4n) is 2.94. The Morgan fingerprint density at radius 1 is 1.21 bits per heavy atom. The predicted octanol–water partition coefficient (Wildman–Crippen LogP) is 0.844. The SMILES string of the molecule is Cc1ccc(NS(C)(=O)=O)c(Cc2ccc(N3CC(=O)NS3(=O)=O)c(O)c2)c1. The number of phenolic OH excluding ortho intramolecular Hbond substituents is 1. The van der Waals surface area contributed by atoms with E-state index < -0.39 is 32.7 Å². The Hall–Kier alpha value is -2.79. The number of sulfonamides is 1. The van der Waals surface area contributed by atoms with Crippen LogP contribution < -0.4 is 13.7 Å². The van der Waals surface area contributed by atoms with E-state index in [4.69, 9.17) is 0 Å². The van der Waals surface area contributed by atoms with Crippen LogP contribution in [0.3, 0.4) is 0 Å². The van der Waals surface area contributed by atoms with Crippen LogP contribution in [0.4, 0.5) is 11.4 Å². The molecule has 0 saturated carbocycles. The summed E-state index contributed by atoms with van der Waals surface area (Å²) in [5.74, 6) is -0.984. The normalized spacial score (nSPS) is 16.1. The lowest BCUT2D eigenvalue weighted by Crippen LogP contribution is -2.29. The summed E-state index contributed by atoms with van der Waals surface area (Å²) < 4.78 is 52.1. The van der Waals surface area contributed by atoms with Gasteiger partial charge < -0.3 is 5.11 Å². The van der Waals surface area contributed by atoms with E-state index in [0.717, 1.165) is 16.1 Å². The molecular formula is C17H19N3O6S2. The molecule has 1 heterocycles. The number of nitrogens with zero attached hydrogens (tertiary/aromatic N) is 1. The van der Waals surface area contributed by atoms with Gasteiger partial charge in [-0.2, -0.15) is 8.42 Å². The summed E-state index contributed by atoms with van der Waals surface area (Å²) in [6.07, 6.45) is 1.36.